The summed E-state index contributed by atoms with van der Waals surface area (Å²) < 4.78 is 38.4. The quantitative estimate of drug-likeness (QED) is 0.234. The molecule has 0 fully saturated rings. The highest BCUT2D eigenvalue weighted by Crippen LogP contribution is 2.39. The Morgan fingerprint density at radius 3 is 2.50 bits per heavy atom. The number of rotatable bonds is 9. The Kier molecular flexibility index (Phi) is 8.62. The van der Waals surface area contributed by atoms with E-state index in [1.165, 1.54) is 28.6 Å². The zero-order valence-corrected chi connectivity index (χ0v) is 24.7. The maximum atomic E-state index is 13.4. The van der Waals surface area contributed by atoms with Crippen LogP contribution in [0.3, 0.4) is 0 Å². The van der Waals surface area contributed by atoms with E-state index < -0.39 is 34.5 Å². The predicted octanol–water partition coefficient (Wildman–Crippen LogP) is 5.79. The Hall–Kier alpha value is -4.19. The summed E-state index contributed by atoms with van der Waals surface area (Å²) in [5.74, 6) is -2.21. The Morgan fingerprint density at radius 1 is 0.952 bits per heavy atom. The predicted molar refractivity (Wildman–Crippen MR) is 161 cm³/mol. The molecule has 0 aliphatic carbocycles. The molecule has 0 saturated carbocycles. The van der Waals surface area contributed by atoms with Crippen LogP contribution in [0.1, 0.15) is 33.2 Å². The van der Waals surface area contributed by atoms with E-state index in [1.807, 2.05) is 12.1 Å². The number of ether oxygens (including phenoxy) is 2. The number of fused-ring (bicyclic) bond motifs is 1. The molecule has 4 aromatic rings. The number of carbonyl (C=O) groups is 3. The first-order valence-corrected chi connectivity index (χ1v) is 15.6. The Bertz CT molecular complexity index is 1790. The van der Waals surface area contributed by atoms with Crippen LogP contribution in [0.5, 0.6) is 0 Å². The number of para-hydroxylation sites is 1. The number of nitrogens with one attached hydrogen (secondary N) is 1. The number of anilines is 2. The van der Waals surface area contributed by atoms with Crippen LogP contribution in [0.2, 0.25) is 5.02 Å². The van der Waals surface area contributed by atoms with Crippen LogP contribution in [0.4, 0.5) is 10.7 Å². The number of nitrogens with zero attached hydrogens (tertiary/aromatic N) is 1. The molecule has 42 heavy (non-hydrogen) atoms. The van der Waals surface area contributed by atoms with E-state index in [4.69, 9.17) is 21.1 Å². The molecule has 1 aliphatic rings. The van der Waals surface area contributed by atoms with Gasteiger partial charge in [0.2, 0.25) is 0 Å². The number of sulfonamides is 1. The second-order valence-corrected chi connectivity index (χ2v) is 12.3. The smallest absolute Gasteiger partial charge is 0.341 e. The SMILES string of the molecule is CCOC(=O)c1c(-c2ccccc2Cl)csc1NC(=O)COC(=O)c1cccc(S(=O)(=O)N2CCc3ccccc32)c1. The summed E-state index contributed by atoms with van der Waals surface area (Å²) in [6.07, 6.45) is 0.592. The molecule has 1 N–H and O–H groups in total. The maximum absolute atomic E-state index is 13.4. The first-order valence-electron chi connectivity index (χ1n) is 12.9. The number of esters is 2. The van der Waals surface area contributed by atoms with Crippen LogP contribution >= 0.6 is 22.9 Å². The van der Waals surface area contributed by atoms with Gasteiger partial charge in [0.25, 0.3) is 15.9 Å². The fraction of sp³-hybridized carbons (Fsp3) is 0.167. The van der Waals surface area contributed by atoms with E-state index in [9.17, 15) is 22.8 Å². The van der Waals surface area contributed by atoms with Gasteiger partial charge >= 0.3 is 11.9 Å². The molecule has 2 heterocycles. The lowest BCUT2D eigenvalue weighted by Gasteiger charge is -2.19. The van der Waals surface area contributed by atoms with Crippen molar-refractivity contribution in [2.75, 3.05) is 29.4 Å². The van der Waals surface area contributed by atoms with Gasteiger partial charge in [-0.05, 0) is 49.2 Å². The van der Waals surface area contributed by atoms with E-state index in [2.05, 4.69) is 5.32 Å². The number of thiophene rings is 1. The first kappa shape index (κ1) is 29.3. The fourth-order valence-electron chi connectivity index (χ4n) is 4.58. The Labute approximate surface area is 251 Å². The van der Waals surface area contributed by atoms with E-state index in [1.54, 1.807) is 48.7 Å². The summed E-state index contributed by atoms with van der Waals surface area (Å²) in [5, 5.41) is 4.92. The fourth-order valence-corrected chi connectivity index (χ4v) is 7.33. The summed E-state index contributed by atoms with van der Waals surface area (Å²) in [5.41, 5.74) is 2.73. The van der Waals surface area contributed by atoms with Crippen LogP contribution in [0.25, 0.3) is 11.1 Å². The van der Waals surface area contributed by atoms with Gasteiger partial charge in [-0.25, -0.2) is 18.0 Å². The molecule has 0 atom stereocenters. The molecule has 3 aromatic carbocycles. The normalized spacial score (nSPS) is 12.5. The minimum Gasteiger partial charge on any atom is -0.462 e. The summed E-state index contributed by atoms with van der Waals surface area (Å²) >= 11 is 7.44. The van der Waals surface area contributed by atoms with Crippen molar-refractivity contribution in [3.8, 4) is 11.1 Å². The second kappa shape index (κ2) is 12.4. The molecule has 0 bridgehead atoms. The molecule has 0 radical (unpaired) electrons. The molecule has 9 nitrogen and oxygen atoms in total. The first-order chi connectivity index (χ1) is 20.2. The number of amides is 1. The van der Waals surface area contributed by atoms with Crippen molar-refractivity contribution in [3.63, 3.8) is 0 Å². The molecule has 1 aliphatic heterocycles. The second-order valence-electron chi connectivity index (χ2n) is 9.16. The molecular weight excluding hydrogens is 600 g/mol. The van der Waals surface area contributed by atoms with Crippen molar-refractivity contribution in [3.05, 3.63) is 99.9 Å². The summed E-state index contributed by atoms with van der Waals surface area (Å²) in [6.45, 7) is 1.42. The zero-order chi connectivity index (χ0) is 29.9. The van der Waals surface area contributed by atoms with E-state index in [-0.39, 0.29) is 27.6 Å². The van der Waals surface area contributed by atoms with Crippen molar-refractivity contribution in [1.29, 1.82) is 0 Å². The largest absolute Gasteiger partial charge is 0.462 e. The van der Waals surface area contributed by atoms with Crippen LogP contribution in [0.15, 0.2) is 83.1 Å². The third-order valence-corrected chi connectivity index (χ3v) is 9.56. The average molecular weight is 625 g/mol. The van der Waals surface area contributed by atoms with Crippen LogP contribution in [-0.2, 0) is 30.7 Å². The summed E-state index contributed by atoms with van der Waals surface area (Å²) in [6, 6.07) is 19.7. The summed E-state index contributed by atoms with van der Waals surface area (Å²) in [7, 11) is -3.93. The molecule has 0 spiro atoms. The van der Waals surface area contributed by atoms with Gasteiger partial charge in [0.05, 0.1) is 22.8 Å². The third kappa shape index (κ3) is 5.89. The average Bonchev–Trinajstić information content (AvgIpc) is 3.61. The number of carbonyl (C=O) groups excluding carboxylic acids is 3. The van der Waals surface area contributed by atoms with Gasteiger partial charge in [-0.15, -0.1) is 11.3 Å². The molecule has 5 rings (SSSR count). The number of benzene rings is 3. The lowest BCUT2D eigenvalue weighted by molar-refractivity contribution is -0.119. The zero-order valence-electron chi connectivity index (χ0n) is 22.3. The highest BCUT2D eigenvalue weighted by molar-refractivity contribution is 7.92. The van der Waals surface area contributed by atoms with Gasteiger partial charge < -0.3 is 14.8 Å². The molecule has 0 saturated heterocycles. The van der Waals surface area contributed by atoms with Crippen LogP contribution < -0.4 is 9.62 Å². The third-order valence-electron chi connectivity index (χ3n) is 6.52. The van der Waals surface area contributed by atoms with Gasteiger partial charge in [-0.2, -0.15) is 0 Å². The molecule has 0 unspecified atom stereocenters. The number of hydrogen-bond acceptors (Lipinski definition) is 8. The van der Waals surface area contributed by atoms with Crippen LogP contribution in [0, 0.1) is 0 Å². The molecular formula is C30H25ClN2O7S2. The van der Waals surface area contributed by atoms with E-state index in [0.29, 0.717) is 34.8 Å². The minimum absolute atomic E-state index is 0.0271. The maximum Gasteiger partial charge on any atom is 0.341 e. The van der Waals surface area contributed by atoms with Crippen LogP contribution in [-0.4, -0.2) is 46.0 Å². The topological polar surface area (TPSA) is 119 Å². The van der Waals surface area contributed by atoms with Gasteiger partial charge in [-0.3, -0.25) is 9.10 Å². The lowest BCUT2D eigenvalue weighted by Crippen LogP contribution is -2.29. The van der Waals surface area contributed by atoms with Crippen molar-refractivity contribution in [2.24, 2.45) is 0 Å². The highest BCUT2D eigenvalue weighted by Gasteiger charge is 2.31. The van der Waals surface area contributed by atoms with Crippen molar-refractivity contribution >= 4 is 61.5 Å². The minimum atomic E-state index is -3.93. The number of hydrogen-bond donors (Lipinski definition) is 1. The van der Waals surface area contributed by atoms with Gasteiger partial charge in [0.1, 0.15) is 10.6 Å². The Balaban J connectivity index is 1.29. The van der Waals surface area contributed by atoms with Gasteiger partial charge in [0, 0.05) is 28.1 Å². The Morgan fingerprint density at radius 2 is 1.71 bits per heavy atom. The summed E-state index contributed by atoms with van der Waals surface area (Å²) in [4.78, 5) is 38.3. The molecule has 216 valence electrons. The highest BCUT2D eigenvalue weighted by atomic mass is 35.5. The molecule has 12 heteroatoms. The van der Waals surface area contributed by atoms with Crippen molar-refractivity contribution in [2.45, 2.75) is 18.2 Å². The lowest BCUT2D eigenvalue weighted by atomic mass is 10.0. The standard InChI is InChI=1S/C30H25ClN2O7S2/c1-2-39-30(36)27-23(22-11-4-5-12-24(22)31)18-41-28(27)32-26(34)17-40-29(35)20-9-7-10-21(16-20)42(37,38)33-15-14-19-8-3-6-13-25(19)33/h3-13,16,18H,2,14-15,17H2,1H3,(H,32,34). The van der Waals surface area contributed by atoms with Crippen molar-refractivity contribution in [1.82, 2.24) is 0 Å². The van der Waals surface area contributed by atoms with Gasteiger partial charge in [-0.1, -0.05) is 54.1 Å². The van der Waals surface area contributed by atoms with E-state index >= 15 is 0 Å². The number of halogens is 1. The van der Waals surface area contributed by atoms with E-state index in [0.717, 1.165) is 16.9 Å². The van der Waals surface area contributed by atoms with Gasteiger partial charge in [0.15, 0.2) is 6.61 Å². The monoisotopic (exact) mass is 624 g/mol. The molecule has 1 aromatic heterocycles. The van der Waals surface area contributed by atoms with Crippen molar-refractivity contribution < 1.29 is 32.3 Å². The molecule has 1 amide bonds.